The van der Waals surface area contributed by atoms with Crippen LogP contribution >= 0.6 is 0 Å². The van der Waals surface area contributed by atoms with E-state index in [1.54, 1.807) is 25.3 Å². The molecule has 0 bridgehead atoms. The van der Waals surface area contributed by atoms with Crippen molar-refractivity contribution in [3.63, 3.8) is 0 Å². The summed E-state index contributed by atoms with van der Waals surface area (Å²) in [7, 11) is 1.67. The molecule has 94 valence electrons. The van der Waals surface area contributed by atoms with Crippen LogP contribution in [0.5, 0.6) is 5.75 Å². The van der Waals surface area contributed by atoms with Gasteiger partial charge in [0.15, 0.2) is 11.6 Å². The minimum Gasteiger partial charge on any atom is -0.483 e. The third-order valence-electron chi connectivity index (χ3n) is 2.90. The summed E-state index contributed by atoms with van der Waals surface area (Å²) in [5.74, 6) is 0.0502. The van der Waals surface area contributed by atoms with Crippen molar-refractivity contribution < 1.29 is 13.9 Å². The van der Waals surface area contributed by atoms with E-state index in [1.807, 2.05) is 0 Å². The third-order valence-corrected chi connectivity index (χ3v) is 2.90. The van der Waals surface area contributed by atoms with Gasteiger partial charge in [0, 0.05) is 20.2 Å². The largest absolute Gasteiger partial charge is 0.483 e. The zero-order valence-corrected chi connectivity index (χ0v) is 10.0. The van der Waals surface area contributed by atoms with Crippen LogP contribution in [-0.4, -0.2) is 32.4 Å². The fraction of sp³-hybridized carbons (Fsp3) is 0.538. The van der Waals surface area contributed by atoms with E-state index in [9.17, 15) is 4.39 Å². The van der Waals surface area contributed by atoms with Crippen LogP contribution in [0.15, 0.2) is 24.3 Å². The van der Waals surface area contributed by atoms with E-state index < -0.39 is 0 Å². The first-order chi connectivity index (χ1) is 8.26. The summed E-state index contributed by atoms with van der Waals surface area (Å²) in [6.45, 7) is 2.21. The monoisotopic (exact) mass is 239 g/mol. The van der Waals surface area contributed by atoms with E-state index in [1.165, 1.54) is 6.07 Å². The molecule has 0 amide bonds. The smallest absolute Gasteiger partial charge is 0.165 e. The minimum absolute atomic E-state index is 0.212. The number of rotatable bonds is 7. The van der Waals surface area contributed by atoms with Crippen LogP contribution in [0.1, 0.15) is 12.8 Å². The lowest BCUT2D eigenvalue weighted by atomic mass is 10.3. The van der Waals surface area contributed by atoms with Crippen LogP contribution in [-0.2, 0) is 4.74 Å². The molecule has 0 heterocycles. The Labute approximate surface area is 101 Å². The van der Waals surface area contributed by atoms with E-state index >= 15 is 0 Å². The third kappa shape index (κ3) is 3.41. The normalized spacial score (nSPS) is 16.8. The van der Waals surface area contributed by atoms with Crippen LogP contribution in [0.25, 0.3) is 0 Å². The van der Waals surface area contributed by atoms with Gasteiger partial charge in [-0.2, -0.15) is 0 Å². The summed E-state index contributed by atoms with van der Waals surface area (Å²) in [5.41, 5.74) is -0.212. The van der Waals surface area contributed by atoms with Crippen molar-refractivity contribution in [2.24, 2.45) is 0 Å². The molecule has 17 heavy (non-hydrogen) atoms. The maximum Gasteiger partial charge on any atom is 0.165 e. The van der Waals surface area contributed by atoms with E-state index in [0.29, 0.717) is 12.4 Å². The van der Waals surface area contributed by atoms with Crippen molar-refractivity contribution in [1.82, 2.24) is 5.32 Å². The summed E-state index contributed by atoms with van der Waals surface area (Å²) < 4.78 is 24.1. The zero-order chi connectivity index (χ0) is 12.1. The minimum atomic E-state index is -0.296. The van der Waals surface area contributed by atoms with E-state index in [2.05, 4.69) is 5.32 Å². The lowest BCUT2D eigenvalue weighted by Gasteiger charge is -2.19. The first-order valence-electron chi connectivity index (χ1n) is 5.89. The Kier molecular flexibility index (Phi) is 3.97. The second-order valence-electron chi connectivity index (χ2n) is 4.39. The van der Waals surface area contributed by atoms with Gasteiger partial charge >= 0.3 is 0 Å². The molecule has 1 saturated carbocycles. The second-order valence-corrected chi connectivity index (χ2v) is 4.39. The summed E-state index contributed by atoms with van der Waals surface area (Å²) in [5, 5.41) is 3.26. The number of methoxy groups -OCH3 is 1. The second kappa shape index (κ2) is 5.47. The van der Waals surface area contributed by atoms with Crippen LogP contribution in [0.4, 0.5) is 4.39 Å². The molecule has 1 aromatic rings. The molecule has 2 rings (SSSR count). The molecular formula is C13H18FNO2. The van der Waals surface area contributed by atoms with Crippen molar-refractivity contribution in [2.45, 2.75) is 18.4 Å². The lowest BCUT2D eigenvalue weighted by molar-refractivity contribution is 0.156. The molecule has 4 heteroatoms. The highest BCUT2D eigenvalue weighted by Crippen LogP contribution is 2.40. The number of para-hydroxylation sites is 1. The first-order valence-corrected chi connectivity index (χ1v) is 5.89. The Morgan fingerprint density at radius 2 is 2.12 bits per heavy atom. The Balaban J connectivity index is 1.84. The van der Waals surface area contributed by atoms with Crippen LogP contribution in [0, 0.1) is 5.82 Å². The van der Waals surface area contributed by atoms with E-state index in [4.69, 9.17) is 9.47 Å². The van der Waals surface area contributed by atoms with Gasteiger partial charge in [0.05, 0.1) is 6.61 Å². The maximum atomic E-state index is 13.4. The van der Waals surface area contributed by atoms with Gasteiger partial charge in [0.25, 0.3) is 0 Å². The molecule has 1 aromatic carbocycles. The van der Waals surface area contributed by atoms with Gasteiger partial charge in [-0.05, 0) is 25.0 Å². The quantitative estimate of drug-likeness (QED) is 0.738. The summed E-state index contributed by atoms with van der Waals surface area (Å²) in [6, 6.07) is 6.54. The molecular weight excluding hydrogens is 221 g/mol. The number of ether oxygens (including phenoxy) is 2. The standard InChI is InChI=1S/C13H18FNO2/c1-16-9-8-15-10-13(6-7-13)17-12-5-3-2-4-11(12)14/h2-5,15H,6-10H2,1H3. The average molecular weight is 239 g/mol. The SMILES string of the molecule is COCCNCC1(Oc2ccccc2F)CC1. The number of hydrogen-bond donors (Lipinski definition) is 1. The van der Waals surface area contributed by atoms with Crippen molar-refractivity contribution in [3.05, 3.63) is 30.1 Å². The maximum absolute atomic E-state index is 13.4. The van der Waals surface area contributed by atoms with E-state index in [-0.39, 0.29) is 11.4 Å². The fourth-order valence-corrected chi connectivity index (χ4v) is 1.71. The Morgan fingerprint density at radius 3 is 2.76 bits per heavy atom. The Hall–Kier alpha value is -1.13. The average Bonchev–Trinajstić information content (AvgIpc) is 3.08. The van der Waals surface area contributed by atoms with Gasteiger partial charge in [0.2, 0.25) is 0 Å². The molecule has 0 aromatic heterocycles. The number of benzene rings is 1. The fourth-order valence-electron chi connectivity index (χ4n) is 1.71. The van der Waals surface area contributed by atoms with Gasteiger partial charge in [-0.1, -0.05) is 12.1 Å². The van der Waals surface area contributed by atoms with Gasteiger partial charge < -0.3 is 14.8 Å². The van der Waals surface area contributed by atoms with Crippen LogP contribution < -0.4 is 10.1 Å². The van der Waals surface area contributed by atoms with Crippen molar-refractivity contribution in [2.75, 3.05) is 26.8 Å². The lowest BCUT2D eigenvalue weighted by Crippen LogP contribution is -2.35. The van der Waals surface area contributed by atoms with E-state index in [0.717, 1.165) is 25.9 Å². The van der Waals surface area contributed by atoms with Crippen LogP contribution in [0.2, 0.25) is 0 Å². The van der Waals surface area contributed by atoms with Gasteiger partial charge in [-0.3, -0.25) is 0 Å². The molecule has 1 aliphatic carbocycles. The highest BCUT2D eigenvalue weighted by molar-refractivity contribution is 5.25. The molecule has 0 unspecified atom stereocenters. The van der Waals surface area contributed by atoms with Crippen molar-refractivity contribution >= 4 is 0 Å². The molecule has 0 spiro atoms. The molecule has 3 nitrogen and oxygen atoms in total. The Bertz CT molecular complexity index is 366. The molecule has 0 aliphatic heterocycles. The van der Waals surface area contributed by atoms with Crippen molar-refractivity contribution in [3.8, 4) is 5.75 Å². The topological polar surface area (TPSA) is 30.5 Å². The number of nitrogens with one attached hydrogen (secondary N) is 1. The summed E-state index contributed by atoms with van der Waals surface area (Å²) in [4.78, 5) is 0. The number of halogens is 1. The number of hydrogen-bond acceptors (Lipinski definition) is 3. The molecule has 1 fully saturated rings. The van der Waals surface area contributed by atoms with Crippen molar-refractivity contribution in [1.29, 1.82) is 0 Å². The zero-order valence-electron chi connectivity index (χ0n) is 10.0. The molecule has 0 radical (unpaired) electrons. The molecule has 1 N–H and O–H groups in total. The van der Waals surface area contributed by atoms with Gasteiger partial charge in [-0.25, -0.2) is 4.39 Å². The predicted octanol–water partition coefficient (Wildman–Crippen LogP) is 1.97. The molecule has 1 aliphatic rings. The van der Waals surface area contributed by atoms with Gasteiger partial charge in [-0.15, -0.1) is 0 Å². The highest BCUT2D eigenvalue weighted by atomic mass is 19.1. The first kappa shape index (κ1) is 12.3. The predicted molar refractivity (Wildman–Crippen MR) is 63.7 cm³/mol. The Morgan fingerprint density at radius 1 is 1.35 bits per heavy atom. The van der Waals surface area contributed by atoms with Crippen LogP contribution in [0.3, 0.4) is 0 Å². The highest BCUT2D eigenvalue weighted by Gasteiger charge is 2.45. The van der Waals surface area contributed by atoms with Gasteiger partial charge in [0.1, 0.15) is 5.60 Å². The summed E-state index contributed by atoms with van der Waals surface area (Å²) in [6.07, 6.45) is 1.95. The molecule has 0 saturated heterocycles. The summed E-state index contributed by atoms with van der Waals surface area (Å²) >= 11 is 0. The molecule has 0 atom stereocenters.